The summed E-state index contributed by atoms with van der Waals surface area (Å²) in [7, 11) is 0. The van der Waals surface area contributed by atoms with Crippen LogP contribution in [0.25, 0.3) is 10.9 Å². The van der Waals surface area contributed by atoms with Gasteiger partial charge in [-0.2, -0.15) is 0 Å². The van der Waals surface area contributed by atoms with Crippen LogP contribution >= 0.6 is 0 Å². The summed E-state index contributed by atoms with van der Waals surface area (Å²) in [5.41, 5.74) is 6.68. The fourth-order valence-electron chi connectivity index (χ4n) is 1.94. The molecule has 15 heavy (non-hydrogen) atoms. The molecule has 1 heterocycles. The van der Waals surface area contributed by atoms with E-state index in [1.165, 1.54) is 0 Å². The van der Waals surface area contributed by atoms with Crippen LogP contribution in [0.15, 0.2) is 30.5 Å². The highest BCUT2D eigenvalue weighted by Crippen LogP contribution is 2.30. The average Bonchev–Trinajstić information content (AvgIpc) is 2.75. The number of fused-ring (bicyclic) bond motifs is 1. The molecule has 2 rings (SSSR count). The Bertz CT molecular complexity index is 457. The number of aromatic nitrogens is 1. The number of hydrogen-bond acceptors (Lipinski definition) is 2. The molecule has 3 nitrogen and oxygen atoms in total. The van der Waals surface area contributed by atoms with Gasteiger partial charge in [-0.1, -0.05) is 19.1 Å². The van der Waals surface area contributed by atoms with Crippen LogP contribution in [0.2, 0.25) is 0 Å². The number of aromatic amines is 1. The number of hydrogen-bond donors (Lipinski definition) is 3. The van der Waals surface area contributed by atoms with Crippen LogP contribution in [0.4, 0.5) is 0 Å². The molecule has 0 aliphatic carbocycles. The van der Waals surface area contributed by atoms with Crippen molar-refractivity contribution in [2.75, 3.05) is 6.54 Å². The maximum Gasteiger partial charge on any atom is 0.102 e. The molecule has 0 fully saturated rings. The topological polar surface area (TPSA) is 62.0 Å². The first kappa shape index (κ1) is 10.2. The average molecular weight is 204 g/mol. The summed E-state index contributed by atoms with van der Waals surface area (Å²) in [5.74, 6) is 0. The molecule has 0 radical (unpaired) electrons. The van der Waals surface area contributed by atoms with E-state index in [1.54, 1.807) is 0 Å². The smallest absolute Gasteiger partial charge is 0.102 e. The van der Waals surface area contributed by atoms with Crippen molar-refractivity contribution in [2.24, 2.45) is 5.73 Å². The number of nitrogens with two attached hydrogens (primary N) is 1. The molecule has 0 bridgehead atoms. The summed E-state index contributed by atoms with van der Waals surface area (Å²) < 4.78 is 0. The van der Waals surface area contributed by atoms with E-state index < -0.39 is 5.60 Å². The highest BCUT2D eigenvalue weighted by molar-refractivity contribution is 5.83. The van der Waals surface area contributed by atoms with Gasteiger partial charge in [0.05, 0.1) is 0 Å². The number of aliphatic hydroxyl groups is 1. The van der Waals surface area contributed by atoms with E-state index in [0.29, 0.717) is 6.42 Å². The Morgan fingerprint density at radius 2 is 2.20 bits per heavy atom. The predicted molar refractivity (Wildman–Crippen MR) is 61.5 cm³/mol. The normalized spacial score (nSPS) is 15.4. The van der Waals surface area contributed by atoms with Crippen molar-refractivity contribution in [1.82, 2.24) is 4.98 Å². The second kappa shape index (κ2) is 3.68. The zero-order chi connectivity index (χ0) is 10.9. The third kappa shape index (κ3) is 1.54. The lowest BCUT2D eigenvalue weighted by atomic mass is 9.89. The molecule has 3 heteroatoms. The largest absolute Gasteiger partial charge is 0.384 e. The lowest BCUT2D eigenvalue weighted by molar-refractivity contribution is 0.0434. The van der Waals surface area contributed by atoms with Gasteiger partial charge in [-0.25, -0.2) is 0 Å². The fraction of sp³-hybridized carbons (Fsp3) is 0.333. The van der Waals surface area contributed by atoms with Gasteiger partial charge in [-0.05, 0) is 24.1 Å². The molecule has 4 N–H and O–H groups in total. The van der Waals surface area contributed by atoms with Gasteiger partial charge in [0, 0.05) is 23.6 Å². The van der Waals surface area contributed by atoms with Crippen LogP contribution in [0.3, 0.4) is 0 Å². The maximum absolute atomic E-state index is 10.4. The van der Waals surface area contributed by atoms with Gasteiger partial charge >= 0.3 is 0 Å². The first-order chi connectivity index (χ1) is 7.21. The highest BCUT2D eigenvalue weighted by atomic mass is 16.3. The molecule has 0 saturated carbocycles. The van der Waals surface area contributed by atoms with Crippen molar-refractivity contribution in [3.63, 3.8) is 0 Å². The van der Waals surface area contributed by atoms with Crippen molar-refractivity contribution < 1.29 is 5.11 Å². The van der Waals surface area contributed by atoms with E-state index in [4.69, 9.17) is 5.73 Å². The predicted octanol–water partition coefficient (Wildman–Crippen LogP) is 1.72. The Labute approximate surface area is 88.9 Å². The first-order valence-corrected chi connectivity index (χ1v) is 5.20. The monoisotopic (exact) mass is 204 g/mol. The Balaban J connectivity index is 2.64. The van der Waals surface area contributed by atoms with Gasteiger partial charge in [0.2, 0.25) is 0 Å². The number of benzene rings is 1. The van der Waals surface area contributed by atoms with Crippen LogP contribution in [-0.2, 0) is 5.60 Å². The molecule has 1 aromatic carbocycles. The minimum atomic E-state index is -0.915. The van der Waals surface area contributed by atoms with Crippen molar-refractivity contribution >= 4 is 10.9 Å². The molecule has 1 aromatic heterocycles. The Morgan fingerprint density at radius 1 is 1.40 bits per heavy atom. The molecule has 1 unspecified atom stereocenters. The van der Waals surface area contributed by atoms with E-state index in [9.17, 15) is 5.11 Å². The Kier molecular flexibility index (Phi) is 2.50. The van der Waals surface area contributed by atoms with E-state index in [-0.39, 0.29) is 6.54 Å². The highest BCUT2D eigenvalue weighted by Gasteiger charge is 2.27. The van der Waals surface area contributed by atoms with Crippen molar-refractivity contribution in [1.29, 1.82) is 0 Å². The Hall–Kier alpha value is -1.32. The summed E-state index contributed by atoms with van der Waals surface area (Å²) in [6, 6.07) is 7.84. The molecule has 0 amide bonds. The molecule has 0 saturated heterocycles. The summed E-state index contributed by atoms with van der Waals surface area (Å²) in [6.07, 6.45) is 2.49. The van der Waals surface area contributed by atoms with E-state index in [1.807, 2.05) is 37.4 Å². The summed E-state index contributed by atoms with van der Waals surface area (Å²) in [4.78, 5) is 3.13. The second-order valence-electron chi connectivity index (χ2n) is 3.83. The van der Waals surface area contributed by atoms with Crippen LogP contribution in [0.1, 0.15) is 18.9 Å². The molecule has 80 valence electrons. The molecular weight excluding hydrogens is 188 g/mol. The van der Waals surface area contributed by atoms with Crippen molar-refractivity contribution in [3.05, 3.63) is 36.0 Å². The van der Waals surface area contributed by atoms with Gasteiger partial charge in [0.25, 0.3) is 0 Å². The van der Waals surface area contributed by atoms with E-state index in [0.717, 1.165) is 16.5 Å². The summed E-state index contributed by atoms with van der Waals surface area (Å²) in [6.45, 7) is 2.19. The standard InChI is InChI=1S/C12H16N2O/c1-2-12(15,8-13)10-4-3-5-11-9(10)6-7-14-11/h3-7,14-15H,2,8,13H2,1H3. The van der Waals surface area contributed by atoms with Crippen molar-refractivity contribution in [3.8, 4) is 0 Å². The third-order valence-electron chi connectivity index (χ3n) is 3.02. The fourth-order valence-corrected chi connectivity index (χ4v) is 1.94. The Morgan fingerprint density at radius 3 is 2.87 bits per heavy atom. The maximum atomic E-state index is 10.4. The second-order valence-corrected chi connectivity index (χ2v) is 3.83. The number of rotatable bonds is 3. The van der Waals surface area contributed by atoms with E-state index in [2.05, 4.69) is 4.98 Å². The molecule has 2 aromatic rings. The molecule has 0 aliphatic rings. The van der Waals surface area contributed by atoms with Crippen molar-refractivity contribution in [2.45, 2.75) is 18.9 Å². The van der Waals surface area contributed by atoms with Gasteiger partial charge in [0.1, 0.15) is 5.60 Å². The summed E-state index contributed by atoms with van der Waals surface area (Å²) in [5, 5.41) is 11.4. The lowest BCUT2D eigenvalue weighted by Crippen LogP contribution is -2.34. The van der Waals surface area contributed by atoms with Crippen LogP contribution < -0.4 is 5.73 Å². The minimum absolute atomic E-state index is 0.244. The molecule has 0 aliphatic heterocycles. The third-order valence-corrected chi connectivity index (χ3v) is 3.02. The lowest BCUT2D eigenvalue weighted by Gasteiger charge is -2.26. The van der Waals surface area contributed by atoms with Crippen LogP contribution in [0.5, 0.6) is 0 Å². The van der Waals surface area contributed by atoms with Gasteiger partial charge in [0.15, 0.2) is 0 Å². The summed E-state index contributed by atoms with van der Waals surface area (Å²) >= 11 is 0. The zero-order valence-electron chi connectivity index (χ0n) is 8.83. The SMILES string of the molecule is CCC(O)(CN)c1cccc2[nH]ccc12. The zero-order valence-corrected chi connectivity index (χ0v) is 8.83. The van der Waals surface area contributed by atoms with Gasteiger partial charge < -0.3 is 15.8 Å². The molecular formula is C12H16N2O. The van der Waals surface area contributed by atoms with Gasteiger partial charge in [-0.3, -0.25) is 0 Å². The van der Waals surface area contributed by atoms with E-state index >= 15 is 0 Å². The first-order valence-electron chi connectivity index (χ1n) is 5.20. The number of nitrogens with one attached hydrogen (secondary N) is 1. The molecule has 0 spiro atoms. The molecule has 1 atom stereocenters. The van der Waals surface area contributed by atoms with Crippen LogP contribution in [0, 0.1) is 0 Å². The van der Waals surface area contributed by atoms with Crippen LogP contribution in [-0.4, -0.2) is 16.6 Å². The van der Waals surface area contributed by atoms with Gasteiger partial charge in [-0.15, -0.1) is 0 Å². The minimum Gasteiger partial charge on any atom is -0.384 e. The quantitative estimate of drug-likeness (QED) is 0.713. The number of H-pyrrole nitrogens is 1.